The third kappa shape index (κ3) is 4.77. The molecule has 0 bridgehead atoms. The van der Waals surface area contributed by atoms with Crippen LogP contribution >= 0.6 is 0 Å². The van der Waals surface area contributed by atoms with E-state index in [0.717, 1.165) is 25.7 Å². The number of hydrogen-bond donors (Lipinski definition) is 0. The van der Waals surface area contributed by atoms with Crippen LogP contribution in [0.4, 0.5) is 0 Å². The molecular formula is C16H20O5. The fourth-order valence-corrected chi connectivity index (χ4v) is 2.30. The second-order valence-electron chi connectivity index (χ2n) is 4.93. The first-order valence-corrected chi connectivity index (χ1v) is 7.28. The molecule has 0 N–H and O–H groups in total. The van der Waals surface area contributed by atoms with Crippen molar-refractivity contribution in [2.75, 3.05) is 13.2 Å². The van der Waals surface area contributed by atoms with E-state index in [1.165, 1.54) is 0 Å². The van der Waals surface area contributed by atoms with Crippen LogP contribution in [0.1, 0.15) is 43.0 Å². The molecule has 1 aliphatic carbocycles. The molecule has 0 atom stereocenters. The largest absolute Gasteiger partial charge is 0.482 e. The number of esters is 2. The summed E-state index contributed by atoms with van der Waals surface area (Å²) in [4.78, 5) is 23.3. The smallest absolute Gasteiger partial charge is 0.344 e. The molecular weight excluding hydrogens is 272 g/mol. The van der Waals surface area contributed by atoms with Gasteiger partial charge < -0.3 is 14.2 Å². The van der Waals surface area contributed by atoms with Crippen LogP contribution in [0.25, 0.3) is 0 Å². The summed E-state index contributed by atoms with van der Waals surface area (Å²) in [5.41, 5.74) is 0.401. The van der Waals surface area contributed by atoms with Crippen molar-refractivity contribution in [2.24, 2.45) is 0 Å². The zero-order valence-electron chi connectivity index (χ0n) is 12.2. The number of hydrogen-bond acceptors (Lipinski definition) is 5. The minimum Gasteiger partial charge on any atom is -0.482 e. The first-order valence-electron chi connectivity index (χ1n) is 7.28. The van der Waals surface area contributed by atoms with Gasteiger partial charge in [-0.15, -0.1) is 0 Å². The van der Waals surface area contributed by atoms with Crippen LogP contribution in [0.2, 0.25) is 0 Å². The van der Waals surface area contributed by atoms with E-state index in [-0.39, 0.29) is 18.7 Å². The first kappa shape index (κ1) is 15.4. The molecule has 1 saturated carbocycles. The average Bonchev–Trinajstić information content (AvgIpc) is 2.98. The van der Waals surface area contributed by atoms with Crippen LogP contribution in [-0.4, -0.2) is 31.3 Å². The Balaban J connectivity index is 1.83. The van der Waals surface area contributed by atoms with Gasteiger partial charge in [0.2, 0.25) is 0 Å². The molecule has 5 heteroatoms. The highest BCUT2D eigenvalue weighted by Crippen LogP contribution is 2.21. The predicted molar refractivity (Wildman–Crippen MR) is 76.2 cm³/mol. The Morgan fingerprint density at radius 2 is 2.00 bits per heavy atom. The number of ether oxygens (including phenoxy) is 3. The summed E-state index contributed by atoms with van der Waals surface area (Å²) in [7, 11) is 0. The standard InChI is InChI=1S/C16H20O5/c1-2-19-16(18)12-6-5-9-14(10-12)20-11-15(17)21-13-7-3-4-8-13/h5-6,9-10,13H,2-4,7-8,11H2,1H3. The highest BCUT2D eigenvalue weighted by Gasteiger charge is 2.19. The molecule has 0 radical (unpaired) electrons. The average molecular weight is 292 g/mol. The molecule has 0 aliphatic heterocycles. The Hall–Kier alpha value is -2.04. The van der Waals surface area contributed by atoms with Gasteiger partial charge >= 0.3 is 11.9 Å². The quantitative estimate of drug-likeness (QED) is 0.754. The lowest BCUT2D eigenvalue weighted by molar-refractivity contribution is -0.151. The first-order chi connectivity index (χ1) is 10.2. The summed E-state index contributed by atoms with van der Waals surface area (Å²) in [5, 5.41) is 0. The summed E-state index contributed by atoms with van der Waals surface area (Å²) in [6, 6.07) is 6.57. The zero-order valence-corrected chi connectivity index (χ0v) is 12.2. The van der Waals surface area contributed by atoms with Crippen molar-refractivity contribution >= 4 is 11.9 Å². The number of rotatable bonds is 6. The van der Waals surface area contributed by atoms with Crippen molar-refractivity contribution in [2.45, 2.75) is 38.7 Å². The number of benzene rings is 1. The summed E-state index contributed by atoms with van der Waals surface area (Å²) in [6.07, 6.45) is 4.13. The molecule has 114 valence electrons. The predicted octanol–water partition coefficient (Wildman–Crippen LogP) is 2.73. The third-order valence-electron chi connectivity index (χ3n) is 3.30. The lowest BCUT2D eigenvalue weighted by Gasteiger charge is -2.12. The maximum absolute atomic E-state index is 11.7. The third-order valence-corrected chi connectivity index (χ3v) is 3.30. The lowest BCUT2D eigenvalue weighted by Crippen LogP contribution is -2.20. The van der Waals surface area contributed by atoms with Crippen LogP contribution in [-0.2, 0) is 14.3 Å². The van der Waals surface area contributed by atoms with Crippen LogP contribution in [0, 0.1) is 0 Å². The van der Waals surface area contributed by atoms with E-state index in [1.54, 1.807) is 31.2 Å². The van der Waals surface area contributed by atoms with Gasteiger partial charge in [0.05, 0.1) is 12.2 Å². The number of carbonyl (C=O) groups is 2. The van der Waals surface area contributed by atoms with E-state index in [2.05, 4.69) is 0 Å². The van der Waals surface area contributed by atoms with Crippen LogP contribution < -0.4 is 4.74 Å². The normalized spacial score (nSPS) is 14.7. The molecule has 1 aromatic rings. The highest BCUT2D eigenvalue weighted by atomic mass is 16.6. The van der Waals surface area contributed by atoms with Gasteiger partial charge in [-0.2, -0.15) is 0 Å². The molecule has 1 fully saturated rings. The van der Waals surface area contributed by atoms with Crippen molar-refractivity contribution < 1.29 is 23.8 Å². The van der Waals surface area contributed by atoms with Crippen molar-refractivity contribution in [3.8, 4) is 5.75 Å². The minimum atomic E-state index is -0.406. The summed E-state index contributed by atoms with van der Waals surface area (Å²) >= 11 is 0. The van der Waals surface area contributed by atoms with Gasteiger partial charge in [0.25, 0.3) is 0 Å². The maximum atomic E-state index is 11.7. The molecule has 1 aromatic carbocycles. The van der Waals surface area contributed by atoms with E-state index in [9.17, 15) is 9.59 Å². The molecule has 5 nitrogen and oxygen atoms in total. The molecule has 0 amide bonds. The molecule has 0 aromatic heterocycles. The Kier molecular flexibility index (Phi) is 5.60. The second-order valence-corrected chi connectivity index (χ2v) is 4.93. The highest BCUT2D eigenvalue weighted by molar-refractivity contribution is 5.89. The van der Waals surface area contributed by atoms with E-state index >= 15 is 0 Å². The lowest BCUT2D eigenvalue weighted by atomic mass is 10.2. The van der Waals surface area contributed by atoms with E-state index < -0.39 is 5.97 Å². The van der Waals surface area contributed by atoms with Crippen molar-refractivity contribution in [3.63, 3.8) is 0 Å². The van der Waals surface area contributed by atoms with E-state index in [1.807, 2.05) is 0 Å². The van der Waals surface area contributed by atoms with E-state index in [0.29, 0.717) is 17.9 Å². The van der Waals surface area contributed by atoms with Gasteiger partial charge in [-0.05, 0) is 50.8 Å². The zero-order chi connectivity index (χ0) is 15.1. The van der Waals surface area contributed by atoms with E-state index in [4.69, 9.17) is 14.2 Å². The Morgan fingerprint density at radius 3 is 2.71 bits per heavy atom. The second kappa shape index (κ2) is 7.67. The minimum absolute atomic E-state index is 0.0342. The molecule has 0 saturated heterocycles. The van der Waals surface area contributed by atoms with Gasteiger partial charge in [-0.25, -0.2) is 9.59 Å². The van der Waals surface area contributed by atoms with Crippen molar-refractivity contribution in [3.05, 3.63) is 29.8 Å². The molecule has 0 spiro atoms. The van der Waals surface area contributed by atoms with Crippen LogP contribution in [0.3, 0.4) is 0 Å². The summed E-state index contributed by atoms with van der Waals surface area (Å²) < 4.78 is 15.6. The number of carbonyl (C=O) groups excluding carboxylic acids is 2. The fourth-order valence-electron chi connectivity index (χ4n) is 2.30. The summed E-state index contributed by atoms with van der Waals surface area (Å²) in [6.45, 7) is 1.91. The maximum Gasteiger partial charge on any atom is 0.344 e. The Labute approximate surface area is 124 Å². The van der Waals surface area contributed by atoms with Crippen molar-refractivity contribution in [1.29, 1.82) is 0 Å². The molecule has 0 unspecified atom stereocenters. The van der Waals surface area contributed by atoms with Gasteiger partial charge in [0.15, 0.2) is 6.61 Å². The van der Waals surface area contributed by atoms with Crippen LogP contribution in [0.15, 0.2) is 24.3 Å². The summed E-state index contributed by atoms with van der Waals surface area (Å²) in [5.74, 6) is -0.330. The van der Waals surface area contributed by atoms with Crippen molar-refractivity contribution in [1.82, 2.24) is 0 Å². The molecule has 0 heterocycles. The van der Waals surface area contributed by atoms with Gasteiger partial charge in [0.1, 0.15) is 11.9 Å². The van der Waals surface area contributed by atoms with Gasteiger partial charge in [-0.1, -0.05) is 6.07 Å². The molecule has 21 heavy (non-hydrogen) atoms. The fraction of sp³-hybridized carbons (Fsp3) is 0.500. The Morgan fingerprint density at radius 1 is 1.24 bits per heavy atom. The Bertz CT molecular complexity index is 491. The topological polar surface area (TPSA) is 61.8 Å². The van der Waals surface area contributed by atoms with Gasteiger partial charge in [-0.3, -0.25) is 0 Å². The van der Waals surface area contributed by atoms with Crippen LogP contribution in [0.5, 0.6) is 5.75 Å². The van der Waals surface area contributed by atoms with Gasteiger partial charge in [0, 0.05) is 0 Å². The monoisotopic (exact) mass is 292 g/mol. The molecule has 1 aliphatic rings. The molecule has 2 rings (SSSR count). The SMILES string of the molecule is CCOC(=O)c1cccc(OCC(=O)OC2CCCC2)c1.